The van der Waals surface area contributed by atoms with Crippen LogP contribution in [0.3, 0.4) is 0 Å². The summed E-state index contributed by atoms with van der Waals surface area (Å²) in [5.74, 6) is -0.685. The minimum absolute atomic E-state index is 0.00883. The number of benzene rings is 2. The van der Waals surface area contributed by atoms with Crippen molar-refractivity contribution in [1.82, 2.24) is 9.55 Å². The van der Waals surface area contributed by atoms with Crippen LogP contribution in [0.5, 0.6) is 0 Å². The Morgan fingerprint density at radius 1 is 1.15 bits per heavy atom. The van der Waals surface area contributed by atoms with Crippen LogP contribution < -0.4 is 5.32 Å². The first-order valence-electron chi connectivity index (χ1n) is 7.51. The van der Waals surface area contributed by atoms with Crippen LogP contribution in [-0.4, -0.2) is 20.4 Å². The van der Waals surface area contributed by atoms with Gasteiger partial charge in [-0.15, -0.1) is 0 Å². The maximum atomic E-state index is 12.6. The van der Waals surface area contributed by atoms with Crippen LogP contribution in [-0.2, 0) is 6.18 Å². The Balaban J connectivity index is 1.85. The highest BCUT2D eigenvalue weighted by Gasteiger charge is 2.30. The Morgan fingerprint density at radius 2 is 1.85 bits per heavy atom. The van der Waals surface area contributed by atoms with Gasteiger partial charge in [0.15, 0.2) is 0 Å². The van der Waals surface area contributed by atoms with Crippen molar-refractivity contribution in [2.75, 3.05) is 5.32 Å². The number of halogens is 3. The summed E-state index contributed by atoms with van der Waals surface area (Å²) in [5.41, 5.74) is -0.808. The number of amides is 1. The molecule has 1 aromatic heterocycles. The molecule has 7 nitrogen and oxygen atoms in total. The number of hydrogen-bond donors (Lipinski definition) is 1. The third kappa shape index (κ3) is 3.94. The lowest BCUT2D eigenvalue weighted by molar-refractivity contribution is -0.384. The fraction of sp³-hybridized carbons (Fsp3) is 0.0588. The second-order valence-electron chi connectivity index (χ2n) is 5.46. The number of nitro groups is 1. The number of imidazole rings is 1. The number of aromatic nitrogens is 2. The zero-order valence-corrected chi connectivity index (χ0v) is 13.5. The number of carbonyl (C=O) groups excluding carboxylic acids is 1. The van der Waals surface area contributed by atoms with Crippen molar-refractivity contribution in [3.05, 3.63) is 82.4 Å². The number of anilines is 1. The van der Waals surface area contributed by atoms with E-state index in [4.69, 9.17) is 0 Å². The first-order valence-corrected chi connectivity index (χ1v) is 7.51. The van der Waals surface area contributed by atoms with Crippen molar-refractivity contribution in [2.24, 2.45) is 0 Å². The highest BCUT2D eigenvalue weighted by Crippen LogP contribution is 2.30. The Kier molecular flexibility index (Phi) is 4.63. The summed E-state index contributed by atoms with van der Waals surface area (Å²) in [4.78, 5) is 26.8. The van der Waals surface area contributed by atoms with E-state index in [0.29, 0.717) is 0 Å². The van der Waals surface area contributed by atoms with Crippen LogP contribution in [0.2, 0.25) is 0 Å². The Morgan fingerprint density at radius 3 is 2.41 bits per heavy atom. The van der Waals surface area contributed by atoms with Gasteiger partial charge in [0.05, 0.1) is 16.8 Å². The van der Waals surface area contributed by atoms with E-state index in [9.17, 15) is 28.1 Å². The number of rotatable bonds is 4. The van der Waals surface area contributed by atoms with E-state index in [0.717, 1.165) is 30.3 Å². The summed E-state index contributed by atoms with van der Waals surface area (Å²) < 4.78 is 39.1. The van der Waals surface area contributed by atoms with E-state index in [1.54, 1.807) is 0 Å². The molecule has 0 saturated carbocycles. The van der Waals surface area contributed by atoms with Crippen LogP contribution >= 0.6 is 0 Å². The summed E-state index contributed by atoms with van der Waals surface area (Å²) in [6, 6.07) is 7.74. The number of alkyl halides is 3. The maximum Gasteiger partial charge on any atom is 0.416 e. The van der Waals surface area contributed by atoms with Gasteiger partial charge in [0, 0.05) is 29.7 Å². The van der Waals surface area contributed by atoms with Gasteiger partial charge in [0.25, 0.3) is 11.6 Å². The summed E-state index contributed by atoms with van der Waals surface area (Å²) in [6.45, 7) is 0. The molecule has 3 rings (SSSR count). The van der Waals surface area contributed by atoms with Gasteiger partial charge in [-0.25, -0.2) is 4.98 Å². The zero-order valence-electron chi connectivity index (χ0n) is 13.5. The van der Waals surface area contributed by atoms with Crippen molar-refractivity contribution in [1.29, 1.82) is 0 Å². The molecule has 138 valence electrons. The predicted octanol–water partition coefficient (Wildman–Crippen LogP) is 4.05. The van der Waals surface area contributed by atoms with E-state index in [2.05, 4.69) is 10.3 Å². The topological polar surface area (TPSA) is 90.1 Å². The molecule has 2 aromatic carbocycles. The summed E-state index contributed by atoms with van der Waals surface area (Å²) in [7, 11) is 0. The van der Waals surface area contributed by atoms with Crippen molar-refractivity contribution >= 4 is 17.3 Å². The molecule has 3 aromatic rings. The molecule has 27 heavy (non-hydrogen) atoms. The molecule has 1 heterocycles. The second-order valence-corrected chi connectivity index (χ2v) is 5.46. The molecule has 0 unspecified atom stereocenters. The van der Waals surface area contributed by atoms with Crippen LogP contribution in [0.1, 0.15) is 15.9 Å². The number of nitro benzene ring substituents is 1. The first kappa shape index (κ1) is 18.1. The minimum Gasteiger partial charge on any atom is -0.322 e. The molecule has 0 spiro atoms. The Bertz CT molecular complexity index is 984. The van der Waals surface area contributed by atoms with Gasteiger partial charge in [0.2, 0.25) is 0 Å². The molecule has 0 atom stereocenters. The van der Waals surface area contributed by atoms with Gasteiger partial charge >= 0.3 is 6.18 Å². The van der Waals surface area contributed by atoms with E-state index in [1.807, 2.05) is 0 Å². The predicted molar refractivity (Wildman–Crippen MR) is 89.6 cm³/mol. The fourth-order valence-corrected chi connectivity index (χ4v) is 2.38. The average Bonchev–Trinajstić information content (AvgIpc) is 3.15. The monoisotopic (exact) mass is 376 g/mol. The summed E-state index contributed by atoms with van der Waals surface area (Å²) in [6.07, 6.45) is -0.129. The Hall–Kier alpha value is -3.69. The smallest absolute Gasteiger partial charge is 0.322 e. The fourth-order valence-electron chi connectivity index (χ4n) is 2.38. The average molecular weight is 376 g/mol. The SMILES string of the molecule is O=C(Nc1ccc(C(F)(F)F)cc1)c1ccc(-n2ccnc2)c([N+](=O)[O-])c1. The lowest BCUT2D eigenvalue weighted by atomic mass is 10.1. The third-order valence-electron chi connectivity index (χ3n) is 3.69. The van der Waals surface area contributed by atoms with E-state index in [1.165, 1.54) is 35.4 Å². The number of nitrogens with zero attached hydrogens (tertiary/aromatic N) is 3. The molecule has 10 heteroatoms. The molecule has 0 radical (unpaired) electrons. The number of carbonyl (C=O) groups is 1. The van der Waals surface area contributed by atoms with Crippen molar-refractivity contribution < 1.29 is 22.9 Å². The molecule has 1 N–H and O–H groups in total. The summed E-state index contributed by atoms with van der Waals surface area (Å²) in [5, 5.41) is 13.7. The lowest BCUT2D eigenvalue weighted by Crippen LogP contribution is -2.13. The van der Waals surface area contributed by atoms with Gasteiger partial charge in [-0.05, 0) is 36.4 Å². The number of nitrogens with one attached hydrogen (secondary N) is 1. The van der Waals surface area contributed by atoms with Gasteiger partial charge in [0.1, 0.15) is 5.69 Å². The van der Waals surface area contributed by atoms with Gasteiger partial charge in [-0.1, -0.05) is 0 Å². The quantitative estimate of drug-likeness (QED) is 0.549. The van der Waals surface area contributed by atoms with Crippen molar-refractivity contribution in [2.45, 2.75) is 6.18 Å². The van der Waals surface area contributed by atoms with Gasteiger partial charge in [-0.2, -0.15) is 13.2 Å². The van der Waals surface area contributed by atoms with E-state index >= 15 is 0 Å². The highest BCUT2D eigenvalue weighted by atomic mass is 19.4. The molecular weight excluding hydrogens is 365 g/mol. The molecule has 0 aliphatic carbocycles. The lowest BCUT2D eigenvalue weighted by Gasteiger charge is -2.10. The van der Waals surface area contributed by atoms with Gasteiger partial charge < -0.3 is 9.88 Å². The molecule has 1 amide bonds. The van der Waals surface area contributed by atoms with Crippen LogP contribution in [0.15, 0.2) is 61.2 Å². The second kappa shape index (κ2) is 6.90. The van der Waals surface area contributed by atoms with Crippen LogP contribution in [0.25, 0.3) is 5.69 Å². The standard InChI is InChI=1S/C17H11F3N4O3/c18-17(19,20)12-2-4-13(5-3-12)22-16(25)11-1-6-14(15(9-11)24(26)27)23-8-7-21-10-23/h1-10H,(H,22,25). The highest BCUT2D eigenvalue weighted by molar-refractivity contribution is 6.04. The largest absolute Gasteiger partial charge is 0.416 e. The minimum atomic E-state index is -4.48. The van der Waals surface area contributed by atoms with E-state index in [-0.39, 0.29) is 22.6 Å². The van der Waals surface area contributed by atoms with E-state index < -0.39 is 22.6 Å². The molecule has 0 bridgehead atoms. The zero-order chi connectivity index (χ0) is 19.6. The summed E-state index contributed by atoms with van der Waals surface area (Å²) >= 11 is 0. The third-order valence-corrected chi connectivity index (χ3v) is 3.69. The first-order chi connectivity index (χ1) is 12.8. The molecular formula is C17H11F3N4O3. The van der Waals surface area contributed by atoms with Crippen molar-refractivity contribution in [3.63, 3.8) is 0 Å². The van der Waals surface area contributed by atoms with Crippen LogP contribution in [0.4, 0.5) is 24.5 Å². The van der Waals surface area contributed by atoms with Gasteiger partial charge in [-0.3, -0.25) is 14.9 Å². The number of hydrogen-bond acceptors (Lipinski definition) is 4. The van der Waals surface area contributed by atoms with Crippen molar-refractivity contribution in [3.8, 4) is 5.69 Å². The Labute approximate surface area is 150 Å². The molecule has 0 saturated heterocycles. The maximum absolute atomic E-state index is 12.6. The molecule has 0 aliphatic rings. The molecule has 0 aliphatic heterocycles. The molecule has 0 fully saturated rings. The van der Waals surface area contributed by atoms with Crippen LogP contribution in [0, 0.1) is 10.1 Å². The normalized spacial score (nSPS) is 11.2.